The molecule has 0 saturated carbocycles. The molecule has 2 aromatic carbocycles. The van der Waals surface area contributed by atoms with Gasteiger partial charge in [0.15, 0.2) is 0 Å². The van der Waals surface area contributed by atoms with E-state index in [1.165, 1.54) is 31.3 Å². The highest BCUT2D eigenvalue weighted by atomic mass is 32.1. The average Bonchev–Trinajstić information content (AvgIpc) is 2.74. The number of benzene rings is 1. The standard InChI is InChI=1S/C20H14S/c1-14-5-4-6-15(10-9-14)16-11-12-20-18(13-16)17-7-2-3-8-19(17)21-20/h3-6,8-13,15H,1H3. The molecule has 0 amide bonds. The highest BCUT2D eigenvalue weighted by Gasteiger charge is 2.10. The van der Waals surface area contributed by atoms with Gasteiger partial charge in [-0.1, -0.05) is 54.2 Å². The molecule has 0 spiro atoms. The molecule has 1 heterocycles. The summed E-state index contributed by atoms with van der Waals surface area (Å²) in [6.45, 7) is 2.13. The van der Waals surface area contributed by atoms with Crippen molar-refractivity contribution < 1.29 is 0 Å². The van der Waals surface area contributed by atoms with E-state index in [1.807, 2.05) is 17.4 Å². The van der Waals surface area contributed by atoms with Gasteiger partial charge in [-0.3, -0.25) is 0 Å². The lowest BCUT2D eigenvalue weighted by molar-refractivity contribution is 1.09. The Kier molecular flexibility index (Phi) is 2.91. The Morgan fingerprint density at radius 1 is 1.10 bits per heavy atom. The normalized spacial score (nSPS) is 17.8. The Labute approximate surface area is 128 Å². The van der Waals surface area contributed by atoms with E-state index in [-0.39, 0.29) is 0 Å². The van der Waals surface area contributed by atoms with Gasteiger partial charge in [0.2, 0.25) is 0 Å². The second-order valence-electron chi connectivity index (χ2n) is 5.38. The van der Waals surface area contributed by atoms with E-state index in [0.29, 0.717) is 5.92 Å². The van der Waals surface area contributed by atoms with Crippen LogP contribution < -0.4 is 0 Å². The van der Waals surface area contributed by atoms with Gasteiger partial charge in [0.05, 0.1) is 5.39 Å². The predicted octanol–water partition coefficient (Wildman–Crippen LogP) is 5.81. The Balaban J connectivity index is 1.87. The minimum absolute atomic E-state index is 0.339. The van der Waals surface area contributed by atoms with Crippen molar-refractivity contribution in [1.82, 2.24) is 0 Å². The maximum absolute atomic E-state index is 3.26. The SMILES string of the molecule is CC1=CC=CC(c2ccc3sc4ccc#cc4c3c2)C=C1. The predicted molar refractivity (Wildman–Crippen MR) is 91.8 cm³/mol. The molecule has 1 heteroatoms. The van der Waals surface area contributed by atoms with Crippen LogP contribution in [0.2, 0.25) is 0 Å². The summed E-state index contributed by atoms with van der Waals surface area (Å²) in [7, 11) is 0. The number of hydrogen-bond acceptors (Lipinski definition) is 1. The third-order valence-corrected chi connectivity index (χ3v) is 5.02. The van der Waals surface area contributed by atoms with Crippen molar-refractivity contribution in [2.75, 3.05) is 0 Å². The van der Waals surface area contributed by atoms with Crippen molar-refractivity contribution in [2.24, 2.45) is 0 Å². The maximum atomic E-state index is 3.26. The fourth-order valence-electron chi connectivity index (χ4n) is 2.74. The van der Waals surface area contributed by atoms with E-state index < -0.39 is 0 Å². The molecule has 1 aliphatic carbocycles. The van der Waals surface area contributed by atoms with Gasteiger partial charge in [-0.05, 0) is 36.8 Å². The van der Waals surface area contributed by atoms with Crippen LogP contribution in [-0.2, 0) is 0 Å². The summed E-state index contributed by atoms with van der Waals surface area (Å²) in [5.74, 6) is 0.339. The summed E-state index contributed by atoms with van der Waals surface area (Å²) in [6.07, 6.45) is 11.0. The largest absolute Gasteiger partial charge is 0.134 e. The smallest absolute Gasteiger partial charge is 0.0508 e. The third kappa shape index (κ3) is 2.18. The van der Waals surface area contributed by atoms with Crippen molar-refractivity contribution in [1.29, 1.82) is 0 Å². The minimum atomic E-state index is 0.339. The highest BCUT2D eigenvalue weighted by molar-refractivity contribution is 7.25. The van der Waals surface area contributed by atoms with Crippen LogP contribution >= 0.6 is 11.3 Å². The number of rotatable bonds is 1. The number of fused-ring (bicyclic) bond motifs is 3. The molecule has 0 bridgehead atoms. The van der Waals surface area contributed by atoms with Crippen LogP contribution in [0.15, 0.2) is 66.3 Å². The third-order valence-electron chi connectivity index (χ3n) is 3.88. The monoisotopic (exact) mass is 286 g/mol. The molecule has 0 N–H and O–H groups in total. The molecule has 100 valence electrons. The number of allylic oxidation sites excluding steroid dienone is 6. The van der Waals surface area contributed by atoms with Gasteiger partial charge in [0.1, 0.15) is 0 Å². The average molecular weight is 286 g/mol. The lowest BCUT2D eigenvalue weighted by atomic mass is 9.97. The first-order valence-electron chi connectivity index (χ1n) is 7.09. The van der Waals surface area contributed by atoms with Crippen molar-refractivity contribution in [2.45, 2.75) is 12.8 Å². The summed E-state index contributed by atoms with van der Waals surface area (Å²) in [5.41, 5.74) is 2.62. The molecular weight excluding hydrogens is 272 g/mol. The van der Waals surface area contributed by atoms with Gasteiger partial charge in [-0.15, -0.1) is 11.3 Å². The van der Waals surface area contributed by atoms with E-state index in [4.69, 9.17) is 0 Å². The minimum Gasteiger partial charge on any atom is -0.134 e. The van der Waals surface area contributed by atoms with Crippen LogP contribution in [0.25, 0.3) is 20.2 Å². The van der Waals surface area contributed by atoms with E-state index in [2.05, 4.69) is 73.7 Å². The summed E-state index contributed by atoms with van der Waals surface area (Å²) in [4.78, 5) is 0. The fraction of sp³-hybridized carbons (Fsp3) is 0.100. The van der Waals surface area contributed by atoms with Crippen LogP contribution in [0.3, 0.4) is 0 Å². The fourth-order valence-corrected chi connectivity index (χ4v) is 3.79. The van der Waals surface area contributed by atoms with Crippen LogP contribution in [0, 0.1) is 12.1 Å². The van der Waals surface area contributed by atoms with Crippen LogP contribution in [0.1, 0.15) is 18.4 Å². The van der Waals surface area contributed by atoms with Crippen molar-refractivity contribution in [3.05, 3.63) is 84.0 Å². The van der Waals surface area contributed by atoms with E-state index in [9.17, 15) is 0 Å². The Bertz CT molecular complexity index is 906. The summed E-state index contributed by atoms with van der Waals surface area (Å²) < 4.78 is 2.60. The van der Waals surface area contributed by atoms with Crippen LogP contribution in [0.4, 0.5) is 0 Å². The number of thiophene rings is 1. The second kappa shape index (κ2) is 4.91. The first-order chi connectivity index (χ1) is 10.3. The van der Waals surface area contributed by atoms with Crippen LogP contribution in [0.5, 0.6) is 0 Å². The molecule has 4 rings (SSSR count). The first-order valence-corrected chi connectivity index (χ1v) is 7.91. The maximum Gasteiger partial charge on any atom is 0.0508 e. The van der Waals surface area contributed by atoms with E-state index in [1.54, 1.807) is 0 Å². The van der Waals surface area contributed by atoms with E-state index in [0.717, 1.165) is 0 Å². The lowest BCUT2D eigenvalue weighted by Gasteiger charge is -2.07. The zero-order valence-electron chi connectivity index (χ0n) is 11.8. The van der Waals surface area contributed by atoms with Gasteiger partial charge in [-0.25, -0.2) is 0 Å². The molecule has 3 aromatic rings. The molecule has 0 fully saturated rings. The molecule has 1 unspecified atom stereocenters. The molecule has 0 aliphatic heterocycles. The molecule has 0 saturated heterocycles. The molecule has 1 atom stereocenters. The second-order valence-corrected chi connectivity index (χ2v) is 6.46. The van der Waals surface area contributed by atoms with Gasteiger partial charge < -0.3 is 0 Å². The zero-order valence-corrected chi connectivity index (χ0v) is 12.6. The molecule has 0 nitrogen and oxygen atoms in total. The van der Waals surface area contributed by atoms with Gasteiger partial charge in [0.25, 0.3) is 0 Å². The summed E-state index contributed by atoms with van der Waals surface area (Å²) in [5, 5.41) is 2.48. The van der Waals surface area contributed by atoms with Gasteiger partial charge in [0, 0.05) is 20.7 Å². The highest BCUT2D eigenvalue weighted by Crippen LogP contribution is 2.35. The number of hydrogen-bond donors (Lipinski definition) is 0. The quantitative estimate of drug-likeness (QED) is 0.529. The molecule has 0 radical (unpaired) electrons. The first kappa shape index (κ1) is 12.4. The molecule has 1 aliphatic rings. The van der Waals surface area contributed by atoms with Gasteiger partial charge >= 0.3 is 0 Å². The summed E-state index contributed by atoms with van der Waals surface area (Å²) in [6, 6.07) is 17.2. The van der Waals surface area contributed by atoms with Crippen molar-refractivity contribution in [3.63, 3.8) is 0 Å². The Morgan fingerprint density at radius 3 is 3.00 bits per heavy atom. The zero-order chi connectivity index (χ0) is 14.2. The Morgan fingerprint density at radius 2 is 2.05 bits per heavy atom. The molecule has 21 heavy (non-hydrogen) atoms. The molecule has 1 aromatic heterocycles. The summed E-state index contributed by atoms with van der Waals surface area (Å²) >= 11 is 1.82. The van der Waals surface area contributed by atoms with Gasteiger partial charge in [-0.2, -0.15) is 0 Å². The van der Waals surface area contributed by atoms with Crippen molar-refractivity contribution in [3.8, 4) is 0 Å². The molecular formula is C20H14S. The van der Waals surface area contributed by atoms with Crippen molar-refractivity contribution >= 4 is 31.5 Å². The lowest BCUT2D eigenvalue weighted by Crippen LogP contribution is -1.90. The topological polar surface area (TPSA) is 0 Å². The van der Waals surface area contributed by atoms with E-state index >= 15 is 0 Å². The Hall–Kier alpha value is -2.30. The van der Waals surface area contributed by atoms with Crippen LogP contribution in [-0.4, -0.2) is 0 Å².